The molecular weight excluding hydrogens is 772 g/mol. The number of imide groups is 1. The van der Waals surface area contributed by atoms with E-state index in [1.165, 1.54) is 38.5 Å². The van der Waals surface area contributed by atoms with Gasteiger partial charge in [0.1, 0.15) is 0 Å². The molecule has 47 heavy (non-hydrogen) atoms. The standard InChI is InChI=1S/C20H30O2.C18H19NO4.2Rh/c21-19(22)20(16-10-4-1-5-11-16,17-12-6-2-7-13-17)18-14-8-3-9-15-18;1-18(2,3)14(17(22)23)19-15(20)11-8-4-6-10-7-5-9-12(13(10)11)16(19)21;;/h1,4-5,10-11,17-19,21-22H,2-3,6-9,12-15H2;4-9,14,17,22-23H,1-3H3;;/t;14-;;/m.1../s1. The molecule has 4 N–H and O–H groups in total. The molecule has 1 aliphatic heterocycles. The van der Waals surface area contributed by atoms with E-state index in [4.69, 9.17) is 0 Å². The predicted octanol–water partition coefficient (Wildman–Crippen LogP) is 6.55. The van der Waals surface area contributed by atoms with Gasteiger partial charge >= 0.3 is 0 Å². The molecule has 2 aliphatic carbocycles. The summed E-state index contributed by atoms with van der Waals surface area (Å²) in [6.07, 6.45) is 9.04. The van der Waals surface area contributed by atoms with E-state index >= 15 is 0 Å². The van der Waals surface area contributed by atoms with E-state index in [0.29, 0.717) is 28.3 Å². The Balaban J connectivity index is 0.000000245. The van der Waals surface area contributed by atoms with Gasteiger partial charge in [-0.05, 0) is 66.0 Å². The van der Waals surface area contributed by atoms with E-state index in [1.54, 1.807) is 45.0 Å². The normalized spacial score (nSPS) is 18.4. The summed E-state index contributed by atoms with van der Waals surface area (Å²) < 4.78 is 0. The molecule has 1 heterocycles. The van der Waals surface area contributed by atoms with Gasteiger partial charge in [0, 0.05) is 55.5 Å². The van der Waals surface area contributed by atoms with Gasteiger partial charge in [0.25, 0.3) is 11.8 Å². The molecule has 260 valence electrons. The Morgan fingerprint density at radius 1 is 0.638 bits per heavy atom. The van der Waals surface area contributed by atoms with Crippen LogP contribution in [0.1, 0.15) is 111 Å². The van der Waals surface area contributed by atoms with E-state index in [-0.39, 0.29) is 39.0 Å². The first-order valence-electron chi connectivity index (χ1n) is 16.7. The van der Waals surface area contributed by atoms with Crippen molar-refractivity contribution in [2.75, 3.05) is 0 Å². The van der Waals surface area contributed by atoms with Gasteiger partial charge in [-0.25, -0.2) is 0 Å². The minimum atomic E-state index is -1.81. The topological polar surface area (TPSA) is 118 Å². The molecule has 1 atom stereocenters. The number of carbonyl (C=O) groups excluding carboxylic acids is 2. The molecule has 3 aromatic rings. The Morgan fingerprint density at radius 3 is 1.47 bits per heavy atom. The molecule has 0 aromatic heterocycles. The molecule has 6 rings (SSSR count). The summed E-state index contributed by atoms with van der Waals surface area (Å²) in [4.78, 5) is 26.8. The Bertz CT molecular complexity index is 1410. The van der Waals surface area contributed by atoms with Crippen LogP contribution >= 0.6 is 0 Å². The van der Waals surface area contributed by atoms with Gasteiger partial charge < -0.3 is 20.4 Å². The second-order valence-corrected chi connectivity index (χ2v) is 14.3. The largest absolute Gasteiger partial charge is 0.367 e. The van der Waals surface area contributed by atoms with Crippen molar-refractivity contribution in [1.29, 1.82) is 0 Å². The number of aliphatic hydroxyl groups excluding tert-OH is 2. The number of carbonyl (C=O) groups is 2. The van der Waals surface area contributed by atoms with Crippen LogP contribution in [0.15, 0.2) is 66.7 Å². The summed E-state index contributed by atoms with van der Waals surface area (Å²) in [6.45, 7) is 5.29. The quantitative estimate of drug-likeness (QED) is 0.127. The molecule has 2 saturated carbocycles. The summed E-state index contributed by atoms with van der Waals surface area (Å²) >= 11 is 0. The van der Waals surface area contributed by atoms with Gasteiger partial charge in [0.2, 0.25) is 0 Å². The Hall–Kier alpha value is -1.85. The van der Waals surface area contributed by atoms with Gasteiger partial charge in [-0.1, -0.05) is 114 Å². The smallest absolute Gasteiger partial charge is 0.261 e. The average molecular weight is 822 g/mol. The SMILES string of the molecule is CC(C)(C)[C@@H](C(O)O)N1C(=O)c2cccc3cccc(c23)C1=O.OC(O)C(c1ccccc1)(C1CCCCC1)C1CCCCC1.[Rh].[Rh]. The summed E-state index contributed by atoms with van der Waals surface area (Å²) in [6, 6.07) is 19.9. The van der Waals surface area contributed by atoms with Gasteiger partial charge in [-0.2, -0.15) is 0 Å². The Morgan fingerprint density at radius 2 is 1.09 bits per heavy atom. The van der Waals surface area contributed by atoms with Crippen LogP contribution in [0.2, 0.25) is 0 Å². The fraction of sp³-hybridized carbons (Fsp3) is 0.526. The van der Waals surface area contributed by atoms with Crippen LogP contribution in [-0.4, -0.2) is 55.8 Å². The molecule has 2 fully saturated rings. The summed E-state index contributed by atoms with van der Waals surface area (Å²) in [5.41, 5.74) is 0.839. The number of nitrogens with zero attached hydrogens (tertiary/aromatic N) is 1. The maximum Gasteiger partial charge on any atom is 0.261 e. The zero-order chi connectivity index (χ0) is 32.4. The molecule has 0 spiro atoms. The van der Waals surface area contributed by atoms with Crippen LogP contribution in [0.4, 0.5) is 0 Å². The second-order valence-electron chi connectivity index (χ2n) is 14.3. The number of rotatable bonds is 6. The van der Waals surface area contributed by atoms with Gasteiger partial charge in [0.05, 0.1) is 11.5 Å². The van der Waals surface area contributed by atoms with Crippen molar-refractivity contribution in [3.05, 3.63) is 83.4 Å². The molecular formula is C38H49NO6Rh2. The molecule has 7 nitrogen and oxygen atoms in total. The van der Waals surface area contributed by atoms with E-state index in [0.717, 1.165) is 41.5 Å². The molecule has 2 amide bonds. The molecule has 0 saturated heterocycles. The molecule has 0 unspecified atom stereocenters. The minimum absolute atomic E-state index is 0. The van der Waals surface area contributed by atoms with Crippen LogP contribution in [0.25, 0.3) is 10.8 Å². The molecule has 0 bridgehead atoms. The number of amides is 2. The third kappa shape index (κ3) is 7.82. The maximum atomic E-state index is 12.9. The van der Waals surface area contributed by atoms with Gasteiger partial charge in [-0.3, -0.25) is 14.5 Å². The van der Waals surface area contributed by atoms with Crippen molar-refractivity contribution in [1.82, 2.24) is 4.90 Å². The number of hydrogen-bond donors (Lipinski definition) is 4. The first-order chi connectivity index (χ1) is 21.5. The number of aliphatic hydroxyl groups is 4. The molecule has 9 heteroatoms. The fourth-order valence-corrected chi connectivity index (χ4v) is 8.53. The zero-order valence-electron chi connectivity index (χ0n) is 27.5. The monoisotopic (exact) mass is 821 g/mol. The van der Waals surface area contributed by atoms with Crippen LogP contribution < -0.4 is 0 Å². The first-order valence-corrected chi connectivity index (χ1v) is 16.7. The number of benzene rings is 3. The van der Waals surface area contributed by atoms with Gasteiger partial charge in [-0.15, -0.1) is 0 Å². The van der Waals surface area contributed by atoms with Crippen molar-refractivity contribution in [3.8, 4) is 0 Å². The Labute approximate surface area is 304 Å². The summed E-state index contributed by atoms with van der Waals surface area (Å²) in [5, 5.41) is 42.2. The summed E-state index contributed by atoms with van der Waals surface area (Å²) in [7, 11) is 0. The van der Waals surface area contributed by atoms with Crippen molar-refractivity contribution in [2.24, 2.45) is 17.3 Å². The predicted molar refractivity (Wildman–Crippen MR) is 175 cm³/mol. The van der Waals surface area contributed by atoms with Crippen molar-refractivity contribution in [3.63, 3.8) is 0 Å². The molecule has 3 aliphatic rings. The average Bonchev–Trinajstić information content (AvgIpc) is 3.03. The van der Waals surface area contributed by atoms with E-state index in [9.17, 15) is 30.0 Å². The first kappa shape index (κ1) is 39.6. The second kappa shape index (κ2) is 16.7. The molecule has 2 radical (unpaired) electrons. The zero-order valence-corrected chi connectivity index (χ0v) is 30.8. The van der Waals surface area contributed by atoms with Crippen molar-refractivity contribution in [2.45, 2.75) is 109 Å². The van der Waals surface area contributed by atoms with Crippen LogP contribution in [-0.2, 0) is 44.4 Å². The third-order valence-corrected chi connectivity index (χ3v) is 10.5. The number of hydrogen-bond acceptors (Lipinski definition) is 6. The van der Waals surface area contributed by atoms with E-state index < -0.39 is 41.3 Å². The van der Waals surface area contributed by atoms with Crippen LogP contribution in [0.3, 0.4) is 0 Å². The van der Waals surface area contributed by atoms with E-state index in [2.05, 4.69) is 24.3 Å². The molecule has 3 aromatic carbocycles. The third-order valence-electron chi connectivity index (χ3n) is 10.5. The van der Waals surface area contributed by atoms with Crippen LogP contribution in [0.5, 0.6) is 0 Å². The minimum Gasteiger partial charge on any atom is -0.367 e. The van der Waals surface area contributed by atoms with Crippen molar-refractivity contribution >= 4 is 22.6 Å². The van der Waals surface area contributed by atoms with Crippen molar-refractivity contribution < 1.29 is 69.0 Å². The van der Waals surface area contributed by atoms with Gasteiger partial charge in [0.15, 0.2) is 12.6 Å². The summed E-state index contributed by atoms with van der Waals surface area (Å²) in [5.74, 6) is -0.168. The maximum absolute atomic E-state index is 12.9. The fourth-order valence-electron chi connectivity index (χ4n) is 8.53. The van der Waals surface area contributed by atoms with Crippen LogP contribution in [0, 0.1) is 17.3 Å². The Kier molecular flexibility index (Phi) is 14.1. The van der Waals surface area contributed by atoms with E-state index in [1.807, 2.05) is 18.2 Å².